The minimum atomic E-state index is -0.189. The molecule has 0 N–H and O–H groups in total. The second-order valence-corrected chi connectivity index (χ2v) is 9.15. The fraction of sp³-hybridized carbons (Fsp3) is 0.250. The molecule has 3 aliphatic rings. The second-order valence-electron chi connectivity index (χ2n) is 8.24. The van der Waals surface area contributed by atoms with E-state index in [0.717, 1.165) is 43.1 Å². The van der Waals surface area contributed by atoms with E-state index in [9.17, 15) is 9.59 Å². The van der Waals surface area contributed by atoms with E-state index >= 15 is 0 Å². The van der Waals surface area contributed by atoms with Crippen LogP contribution in [0, 0.1) is 0 Å². The Bertz CT molecular complexity index is 1590. The third-order valence-corrected chi connectivity index (χ3v) is 7.06. The maximum atomic E-state index is 13.3. The Morgan fingerprint density at radius 2 is 1.74 bits per heavy atom. The molecule has 0 spiro atoms. The fourth-order valence-corrected chi connectivity index (χ4v) is 5.35. The van der Waals surface area contributed by atoms with E-state index in [1.807, 2.05) is 42.5 Å². The highest BCUT2D eigenvalue weighted by atomic mass is 32.2. The van der Waals surface area contributed by atoms with Gasteiger partial charge in [0.1, 0.15) is 11.1 Å². The topological polar surface area (TPSA) is 100 Å². The summed E-state index contributed by atoms with van der Waals surface area (Å²) in [5.74, 6) is 0.694. The molecule has 34 heavy (non-hydrogen) atoms. The van der Waals surface area contributed by atoms with Crippen molar-refractivity contribution in [1.82, 2.24) is 34.3 Å². The van der Waals surface area contributed by atoms with Crippen molar-refractivity contribution in [2.75, 3.05) is 0 Å². The number of nitrogens with zero attached hydrogens (tertiary/aromatic N) is 7. The van der Waals surface area contributed by atoms with E-state index in [4.69, 9.17) is 4.98 Å². The average molecular weight is 472 g/mol. The molecule has 9 nitrogen and oxygen atoms in total. The molecule has 0 aliphatic carbocycles. The first-order chi connectivity index (χ1) is 16.7. The molecule has 170 valence electrons. The van der Waals surface area contributed by atoms with Crippen LogP contribution in [0.4, 0.5) is 0 Å². The number of fused-ring (bicyclic) bond motifs is 4. The molecule has 0 bridgehead atoms. The summed E-state index contributed by atoms with van der Waals surface area (Å²) in [5.41, 5.74) is 2.50. The van der Waals surface area contributed by atoms with Crippen molar-refractivity contribution in [2.24, 2.45) is 0 Å². The summed E-state index contributed by atoms with van der Waals surface area (Å²) < 4.78 is 4.90. The molecular formula is C24H21N7O2S. The minimum absolute atomic E-state index is 0.146. The number of hydrogen-bond acceptors (Lipinski definition) is 7. The average Bonchev–Trinajstić information content (AvgIpc) is 3.03. The first kappa shape index (κ1) is 20.8. The molecule has 0 radical (unpaired) electrons. The van der Waals surface area contributed by atoms with Crippen LogP contribution in [0.2, 0.25) is 0 Å². The Balaban J connectivity index is 1.44. The number of hydrogen-bond donors (Lipinski definition) is 0. The molecule has 2 aromatic carbocycles. The maximum Gasteiger partial charge on any atom is 0.284 e. The first-order valence-electron chi connectivity index (χ1n) is 11.2. The molecular weight excluding hydrogens is 450 g/mol. The number of thioether (sulfide) groups is 1. The van der Waals surface area contributed by atoms with Gasteiger partial charge in [-0.25, -0.2) is 4.98 Å². The Kier molecular flexibility index (Phi) is 5.21. The van der Waals surface area contributed by atoms with Crippen LogP contribution in [0.3, 0.4) is 0 Å². The van der Waals surface area contributed by atoms with Gasteiger partial charge in [0.25, 0.3) is 11.1 Å². The zero-order valence-electron chi connectivity index (χ0n) is 18.3. The van der Waals surface area contributed by atoms with Gasteiger partial charge in [0.15, 0.2) is 11.0 Å². The van der Waals surface area contributed by atoms with Crippen molar-refractivity contribution in [2.45, 2.75) is 43.3 Å². The quantitative estimate of drug-likeness (QED) is 0.293. The van der Waals surface area contributed by atoms with Crippen molar-refractivity contribution >= 4 is 22.7 Å². The Hall–Kier alpha value is -3.79. The Morgan fingerprint density at radius 3 is 2.62 bits per heavy atom. The van der Waals surface area contributed by atoms with Gasteiger partial charge < -0.3 is 4.57 Å². The van der Waals surface area contributed by atoms with Crippen molar-refractivity contribution in [3.63, 3.8) is 0 Å². The highest BCUT2D eigenvalue weighted by Crippen LogP contribution is 2.30. The molecule has 6 rings (SSSR count). The first-order valence-corrected chi connectivity index (χ1v) is 12.2. The highest BCUT2D eigenvalue weighted by molar-refractivity contribution is 7.98. The summed E-state index contributed by atoms with van der Waals surface area (Å²) in [7, 11) is 0. The number of aromatic nitrogens is 7. The predicted molar refractivity (Wildman–Crippen MR) is 129 cm³/mol. The standard InChI is InChI=1S/C24H21N7O2S/c32-22-17-11-6-7-12-18(17)26-28-30(22)15-34-24-25-21-20(19-13-5-2-8-14-29(19)24)23(33)31(27-21)16-9-3-1-4-10-16/h1,3-4,6-7,9-12H,2,5,8,13-15H2. The van der Waals surface area contributed by atoms with Gasteiger partial charge in [-0.05, 0) is 43.5 Å². The van der Waals surface area contributed by atoms with Gasteiger partial charge in [-0.3, -0.25) is 9.59 Å². The highest BCUT2D eigenvalue weighted by Gasteiger charge is 2.27. The van der Waals surface area contributed by atoms with Crippen LogP contribution in [0.15, 0.2) is 69.3 Å². The second kappa shape index (κ2) is 8.53. The molecule has 3 aromatic rings. The van der Waals surface area contributed by atoms with Crippen LogP contribution < -0.4 is 11.1 Å². The summed E-state index contributed by atoms with van der Waals surface area (Å²) >= 11 is 1.41. The van der Waals surface area contributed by atoms with Gasteiger partial charge in [-0.1, -0.05) is 53.7 Å². The minimum Gasteiger partial charge on any atom is -0.324 e. The lowest BCUT2D eigenvalue weighted by Crippen LogP contribution is -2.24. The smallest absolute Gasteiger partial charge is 0.284 e. The van der Waals surface area contributed by atoms with Crippen molar-refractivity contribution in [3.8, 4) is 17.1 Å². The lowest BCUT2D eigenvalue weighted by molar-refractivity contribution is 0.568. The lowest BCUT2D eigenvalue weighted by atomic mass is 10.1. The maximum absolute atomic E-state index is 13.3. The summed E-state index contributed by atoms with van der Waals surface area (Å²) in [6, 6.07) is 16.6. The predicted octanol–water partition coefficient (Wildman–Crippen LogP) is 3.11. The van der Waals surface area contributed by atoms with E-state index in [2.05, 4.69) is 20.0 Å². The fourth-order valence-electron chi connectivity index (χ4n) is 4.43. The van der Waals surface area contributed by atoms with E-state index in [-0.39, 0.29) is 17.0 Å². The molecule has 0 atom stereocenters. The van der Waals surface area contributed by atoms with Gasteiger partial charge >= 0.3 is 0 Å². The third kappa shape index (κ3) is 3.50. The van der Waals surface area contributed by atoms with Gasteiger partial charge in [-0.2, -0.15) is 9.36 Å². The van der Waals surface area contributed by atoms with Crippen molar-refractivity contribution in [1.29, 1.82) is 0 Å². The number of rotatable bonds is 4. The number of para-hydroxylation sites is 1. The van der Waals surface area contributed by atoms with E-state index in [1.54, 1.807) is 12.1 Å². The molecule has 3 aliphatic heterocycles. The largest absolute Gasteiger partial charge is 0.324 e. The summed E-state index contributed by atoms with van der Waals surface area (Å²) in [5, 5.41) is 14.1. The van der Waals surface area contributed by atoms with Crippen LogP contribution in [-0.4, -0.2) is 34.3 Å². The van der Waals surface area contributed by atoms with E-state index in [1.165, 1.54) is 21.1 Å². The zero-order valence-corrected chi connectivity index (χ0v) is 19.1. The van der Waals surface area contributed by atoms with Crippen LogP contribution in [0.25, 0.3) is 28.0 Å². The summed E-state index contributed by atoms with van der Waals surface area (Å²) in [4.78, 5) is 31.0. The Morgan fingerprint density at radius 1 is 0.912 bits per heavy atom. The van der Waals surface area contributed by atoms with Gasteiger partial charge in [0.2, 0.25) is 0 Å². The normalized spacial score (nSPS) is 13.8. The lowest BCUT2D eigenvalue weighted by Gasteiger charge is -2.17. The third-order valence-electron chi connectivity index (χ3n) is 6.11. The molecule has 0 fully saturated rings. The molecule has 10 heteroatoms. The van der Waals surface area contributed by atoms with Crippen LogP contribution in [0.5, 0.6) is 0 Å². The molecule has 4 heterocycles. The van der Waals surface area contributed by atoms with Crippen LogP contribution in [0.1, 0.15) is 25.0 Å². The van der Waals surface area contributed by atoms with Crippen molar-refractivity contribution < 1.29 is 0 Å². The molecule has 0 unspecified atom stereocenters. The molecule has 0 amide bonds. The number of benzene rings is 2. The van der Waals surface area contributed by atoms with Gasteiger partial charge in [0, 0.05) is 12.2 Å². The molecule has 1 aromatic heterocycles. The SMILES string of the molecule is O=c1c2ccccc2nnn1CSc1nc2nn(-c3ccccc3)c(=O)c-2c2n1CCCCC2. The van der Waals surface area contributed by atoms with E-state index in [0.29, 0.717) is 28.0 Å². The molecule has 0 saturated carbocycles. The van der Waals surface area contributed by atoms with Gasteiger partial charge in [0.05, 0.1) is 17.0 Å². The Labute approximate surface area is 198 Å². The van der Waals surface area contributed by atoms with Crippen LogP contribution >= 0.6 is 11.8 Å². The van der Waals surface area contributed by atoms with E-state index < -0.39 is 0 Å². The monoisotopic (exact) mass is 471 g/mol. The van der Waals surface area contributed by atoms with Crippen molar-refractivity contribution in [3.05, 3.63) is 81.0 Å². The summed E-state index contributed by atoms with van der Waals surface area (Å²) in [6.07, 6.45) is 3.89. The van der Waals surface area contributed by atoms with Crippen LogP contribution in [-0.2, 0) is 18.8 Å². The zero-order chi connectivity index (χ0) is 23.1. The summed E-state index contributed by atoms with van der Waals surface area (Å²) in [6.45, 7) is 0.773. The van der Waals surface area contributed by atoms with Gasteiger partial charge in [-0.15, -0.1) is 10.2 Å². The molecule has 0 saturated heterocycles.